The van der Waals surface area contributed by atoms with E-state index in [2.05, 4.69) is 37.3 Å². The van der Waals surface area contributed by atoms with Crippen molar-refractivity contribution in [3.63, 3.8) is 0 Å². The summed E-state index contributed by atoms with van der Waals surface area (Å²) in [4.78, 5) is 45.9. The Balaban J connectivity index is 1.37. The molecule has 0 saturated carbocycles. The summed E-state index contributed by atoms with van der Waals surface area (Å²) in [6.45, 7) is 0. The SMILES string of the molecule is O=C1NC(=O)C(c2cnc3ncccn23)=C1C1=NC=CN2c3c(cccc31)CC2Cc1cccnc1. The second-order valence-corrected chi connectivity index (χ2v) is 8.89. The van der Waals surface area contributed by atoms with Crippen LogP contribution in [0.5, 0.6) is 0 Å². The summed E-state index contributed by atoms with van der Waals surface area (Å²) >= 11 is 0. The van der Waals surface area contributed by atoms with Gasteiger partial charge in [0.25, 0.3) is 11.8 Å². The number of carbonyl (C=O) groups excluding carboxylic acids is 2. The smallest absolute Gasteiger partial charge is 0.261 e. The molecule has 36 heavy (non-hydrogen) atoms. The molecule has 0 radical (unpaired) electrons. The van der Waals surface area contributed by atoms with Gasteiger partial charge in [0.15, 0.2) is 0 Å². The number of pyridine rings is 1. The number of rotatable bonds is 4. The summed E-state index contributed by atoms with van der Waals surface area (Å²) in [6.07, 6.45) is 14.0. The van der Waals surface area contributed by atoms with E-state index in [1.165, 1.54) is 5.56 Å². The number of aliphatic imine (C=N–C) groups is 1. The first-order valence-corrected chi connectivity index (χ1v) is 11.6. The first-order valence-electron chi connectivity index (χ1n) is 11.6. The first kappa shape index (κ1) is 20.5. The second kappa shape index (κ2) is 7.81. The Hall–Kier alpha value is -4.92. The highest BCUT2D eigenvalue weighted by molar-refractivity contribution is 6.47. The Morgan fingerprint density at radius 3 is 2.78 bits per heavy atom. The third-order valence-electron chi connectivity index (χ3n) is 6.82. The van der Waals surface area contributed by atoms with Gasteiger partial charge < -0.3 is 4.90 Å². The fourth-order valence-corrected chi connectivity index (χ4v) is 5.33. The van der Waals surface area contributed by atoms with Gasteiger partial charge in [-0.1, -0.05) is 24.3 Å². The number of carbonyl (C=O) groups is 2. The average Bonchev–Trinajstić information content (AvgIpc) is 3.50. The molecule has 7 rings (SSSR count). The first-order chi connectivity index (χ1) is 17.7. The molecule has 2 amide bonds. The number of benzene rings is 1. The molecular formula is C27H19N7O2. The van der Waals surface area contributed by atoms with Crippen LogP contribution in [0.4, 0.5) is 5.69 Å². The molecule has 3 aliphatic rings. The number of imidazole rings is 1. The fraction of sp³-hybridized carbons (Fsp3) is 0.111. The van der Waals surface area contributed by atoms with E-state index in [1.807, 2.05) is 30.6 Å². The summed E-state index contributed by atoms with van der Waals surface area (Å²) in [5.74, 6) is -0.508. The topological polar surface area (TPSA) is 105 Å². The number of nitrogens with zero attached hydrogens (tertiary/aromatic N) is 6. The highest BCUT2D eigenvalue weighted by atomic mass is 16.2. The van der Waals surface area contributed by atoms with E-state index in [0.29, 0.717) is 17.2 Å². The molecule has 9 heteroatoms. The van der Waals surface area contributed by atoms with Crippen LogP contribution in [0.1, 0.15) is 22.4 Å². The quantitative estimate of drug-likeness (QED) is 0.457. The maximum Gasteiger partial charge on any atom is 0.261 e. The van der Waals surface area contributed by atoms with Crippen LogP contribution in [-0.2, 0) is 22.4 Å². The van der Waals surface area contributed by atoms with Crippen LogP contribution in [0.15, 0.2) is 90.3 Å². The van der Waals surface area contributed by atoms with Crippen LogP contribution in [0.2, 0.25) is 0 Å². The summed E-state index contributed by atoms with van der Waals surface area (Å²) < 4.78 is 1.70. The predicted octanol–water partition coefficient (Wildman–Crippen LogP) is 2.48. The van der Waals surface area contributed by atoms with Crippen molar-refractivity contribution in [2.45, 2.75) is 18.9 Å². The van der Waals surface area contributed by atoms with Gasteiger partial charge in [0.05, 0.1) is 34.4 Å². The highest BCUT2D eigenvalue weighted by Gasteiger charge is 2.39. The number of anilines is 1. The van der Waals surface area contributed by atoms with E-state index >= 15 is 0 Å². The Kier molecular flexibility index (Phi) is 4.44. The van der Waals surface area contributed by atoms with Crippen LogP contribution in [0.3, 0.4) is 0 Å². The van der Waals surface area contributed by atoms with Crippen LogP contribution in [0, 0.1) is 0 Å². The lowest BCUT2D eigenvalue weighted by Crippen LogP contribution is -2.29. The van der Waals surface area contributed by atoms with E-state index in [1.54, 1.807) is 41.5 Å². The fourth-order valence-electron chi connectivity index (χ4n) is 5.33. The van der Waals surface area contributed by atoms with E-state index in [0.717, 1.165) is 29.7 Å². The predicted molar refractivity (Wildman–Crippen MR) is 133 cm³/mol. The number of aromatic nitrogens is 4. The third kappa shape index (κ3) is 3.02. The monoisotopic (exact) mass is 473 g/mol. The van der Waals surface area contributed by atoms with Crippen molar-refractivity contribution in [1.82, 2.24) is 24.7 Å². The minimum absolute atomic E-state index is 0.188. The third-order valence-corrected chi connectivity index (χ3v) is 6.82. The maximum atomic E-state index is 13.2. The van der Waals surface area contributed by atoms with Crippen molar-refractivity contribution in [2.24, 2.45) is 4.99 Å². The lowest BCUT2D eigenvalue weighted by Gasteiger charge is -2.24. The number of fused-ring (bicyclic) bond motifs is 1. The molecule has 174 valence electrons. The Morgan fingerprint density at radius 1 is 0.972 bits per heavy atom. The number of hydrogen-bond acceptors (Lipinski definition) is 7. The standard InChI is InChI=1S/C27H19N7O2/c35-25-21(20-15-31-27-30-8-3-10-34(20)27)22(26(36)32-25)23-19-6-1-5-17-13-18(12-16-4-2-7-28-14-16)33(24(17)19)11-9-29-23/h1-11,14-15,18H,12-13H2,(H,32,35,36). The van der Waals surface area contributed by atoms with Crippen molar-refractivity contribution < 1.29 is 9.59 Å². The molecule has 1 atom stereocenters. The molecule has 6 heterocycles. The lowest BCUT2D eigenvalue weighted by atomic mass is 9.94. The Morgan fingerprint density at radius 2 is 1.89 bits per heavy atom. The van der Waals surface area contributed by atoms with Crippen LogP contribution < -0.4 is 10.2 Å². The zero-order valence-electron chi connectivity index (χ0n) is 19.0. The molecule has 3 aromatic heterocycles. The second-order valence-electron chi connectivity index (χ2n) is 8.89. The van der Waals surface area contributed by atoms with Crippen LogP contribution >= 0.6 is 0 Å². The largest absolute Gasteiger partial charge is 0.342 e. The summed E-state index contributed by atoms with van der Waals surface area (Å²) in [6, 6.07) is 12.0. The zero-order valence-corrected chi connectivity index (χ0v) is 19.0. The molecule has 9 nitrogen and oxygen atoms in total. The summed E-state index contributed by atoms with van der Waals surface area (Å²) in [5.41, 5.74) is 5.59. The van der Waals surface area contributed by atoms with E-state index < -0.39 is 11.8 Å². The van der Waals surface area contributed by atoms with Gasteiger partial charge in [-0.05, 0) is 36.1 Å². The number of para-hydroxylation sites is 1. The molecule has 1 N–H and O–H groups in total. The number of amides is 2. The maximum absolute atomic E-state index is 13.2. The molecule has 0 fully saturated rings. The molecule has 0 spiro atoms. The molecule has 0 bridgehead atoms. The molecule has 1 aromatic carbocycles. The van der Waals surface area contributed by atoms with Crippen molar-refractivity contribution in [3.8, 4) is 0 Å². The van der Waals surface area contributed by atoms with Gasteiger partial charge in [-0.2, -0.15) is 0 Å². The van der Waals surface area contributed by atoms with Crippen molar-refractivity contribution >= 4 is 34.6 Å². The number of hydrogen-bond donors (Lipinski definition) is 1. The van der Waals surface area contributed by atoms with Gasteiger partial charge in [-0.25, -0.2) is 9.97 Å². The van der Waals surface area contributed by atoms with Gasteiger partial charge in [0.1, 0.15) is 0 Å². The molecule has 3 aliphatic heterocycles. The van der Waals surface area contributed by atoms with Crippen LogP contribution in [0.25, 0.3) is 11.4 Å². The van der Waals surface area contributed by atoms with Crippen molar-refractivity contribution in [2.75, 3.05) is 4.90 Å². The van der Waals surface area contributed by atoms with E-state index in [4.69, 9.17) is 4.99 Å². The van der Waals surface area contributed by atoms with Gasteiger partial charge in [-0.3, -0.25) is 29.3 Å². The molecule has 4 aromatic rings. The highest BCUT2D eigenvalue weighted by Crippen LogP contribution is 2.40. The minimum atomic E-state index is -0.476. The van der Waals surface area contributed by atoms with Gasteiger partial charge in [-0.15, -0.1) is 0 Å². The normalized spacial score (nSPS) is 18.5. The summed E-state index contributed by atoms with van der Waals surface area (Å²) in [5, 5.41) is 2.46. The van der Waals surface area contributed by atoms with Gasteiger partial charge >= 0.3 is 0 Å². The van der Waals surface area contributed by atoms with E-state index in [-0.39, 0.29) is 17.2 Å². The van der Waals surface area contributed by atoms with Crippen molar-refractivity contribution in [3.05, 3.63) is 108 Å². The molecule has 0 aliphatic carbocycles. The summed E-state index contributed by atoms with van der Waals surface area (Å²) in [7, 11) is 0. The Bertz CT molecular complexity index is 1670. The number of nitrogens with one attached hydrogen (secondary N) is 1. The van der Waals surface area contributed by atoms with Gasteiger partial charge in [0, 0.05) is 48.8 Å². The average molecular weight is 473 g/mol. The number of imide groups is 1. The molecule has 0 saturated heterocycles. The molecular weight excluding hydrogens is 454 g/mol. The van der Waals surface area contributed by atoms with Gasteiger partial charge in [0.2, 0.25) is 5.78 Å². The minimum Gasteiger partial charge on any atom is -0.342 e. The van der Waals surface area contributed by atoms with Crippen LogP contribution in [-0.4, -0.2) is 42.9 Å². The van der Waals surface area contributed by atoms with Crippen molar-refractivity contribution in [1.29, 1.82) is 0 Å². The molecule has 1 unspecified atom stereocenters. The van der Waals surface area contributed by atoms with E-state index in [9.17, 15) is 9.59 Å². The Labute approximate surface area is 205 Å². The lowest BCUT2D eigenvalue weighted by molar-refractivity contribution is -0.123. The zero-order chi connectivity index (χ0) is 24.2.